The van der Waals surface area contributed by atoms with Gasteiger partial charge in [0.1, 0.15) is 5.75 Å². The van der Waals surface area contributed by atoms with Crippen LogP contribution in [0.3, 0.4) is 0 Å². The van der Waals surface area contributed by atoms with Crippen molar-refractivity contribution in [2.45, 2.75) is 32.7 Å². The number of para-hydroxylation sites is 1. The molecule has 0 fully saturated rings. The lowest BCUT2D eigenvalue weighted by atomic mass is 10.1. The van der Waals surface area contributed by atoms with E-state index >= 15 is 0 Å². The number of nitrogens with zero attached hydrogens (tertiary/aromatic N) is 2. The van der Waals surface area contributed by atoms with Crippen molar-refractivity contribution >= 4 is 6.01 Å². The summed E-state index contributed by atoms with van der Waals surface area (Å²) in [5.41, 5.74) is 0.921. The maximum Gasteiger partial charge on any atom is 0.315 e. The third kappa shape index (κ3) is 3.71. The number of methoxy groups -OCH3 is 1. The second-order valence-electron chi connectivity index (χ2n) is 5.36. The van der Waals surface area contributed by atoms with Gasteiger partial charge in [-0.25, -0.2) is 0 Å². The van der Waals surface area contributed by atoms with Gasteiger partial charge in [-0.2, -0.15) is 0 Å². The molecule has 5 heteroatoms. The molecule has 0 bridgehead atoms. The van der Waals surface area contributed by atoms with Crippen LogP contribution >= 0.6 is 0 Å². The predicted molar refractivity (Wildman–Crippen MR) is 73.5 cm³/mol. The molecule has 102 valence electrons. The van der Waals surface area contributed by atoms with Gasteiger partial charge in [0.2, 0.25) is 5.89 Å². The smallest absolute Gasteiger partial charge is 0.315 e. The minimum atomic E-state index is -0.103. The Hall–Kier alpha value is -2.04. The van der Waals surface area contributed by atoms with Crippen molar-refractivity contribution in [3.63, 3.8) is 0 Å². The zero-order chi connectivity index (χ0) is 13.9. The first-order valence-corrected chi connectivity index (χ1v) is 6.20. The summed E-state index contributed by atoms with van der Waals surface area (Å²) in [6.45, 7) is 6.12. The third-order valence-electron chi connectivity index (χ3n) is 2.48. The Morgan fingerprint density at radius 1 is 1.21 bits per heavy atom. The van der Waals surface area contributed by atoms with Crippen LogP contribution in [0.15, 0.2) is 28.7 Å². The number of nitrogens with one attached hydrogen (secondary N) is 1. The molecule has 0 atom stereocenters. The fraction of sp³-hybridized carbons (Fsp3) is 0.429. The summed E-state index contributed by atoms with van der Waals surface area (Å²) in [5.74, 6) is 1.39. The maximum atomic E-state index is 5.57. The molecule has 2 rings (SSSR count). The van der Waals surface area contributed by atoms with Crippen molar-refractivity contribution in [3.8, 4) is 5.75 Å². The van der Waals surface area contributed by atoms with Crippen LogP contribution in [0.25, 0.3) is 0 Å². The van der Waals surface area contributed by atoms with Gasteiger partial charge in [-0.05, 0) is 26.8 Å². The minimum absolute atomic E-state index is 0.103. The molecule has 0 radical (unpaired) electrons. The molecule has 19 heavy (non-hydrogen) atoms. The van der Waals surface area contributed by atoms with Crippen LogP contribution in [0, 0.1) is 0 Å². The predicted octanol–water partition coefficient (Wildman–Crippen LogP) is 2.88. The minimum Gasteiger partial charge on any atom is -0.496 e. The molecular weight excluding hydrogens is 242 g/mol. The van der Waals surface area contributed by atoms with Crippen molar-refractivity contribution in [2.24, 2.45) is 0 Å². The van der Waals surface area contributed by atoms with E-state index in [0.717, 1.165) is 11.3 Å². The molecule has 0 aliphatic carbocycles. The van der Waals surface area contributed by atoms with Crippen LogP contribution in [-0.4, -0.2) is 22.8 Å². The molecule has 0 aliphatic heterocycles. The number of anilines is 1. The van der Waals surface area contributed by atoms with Gasteiger partial charge in [0.05, 0.1) is 13.5 Å². The van der Waals surface area contributed by atoms with Gasteiger partial charge in [0, 0.05) is 11.1 Å². The van der Waals surface area contributed by atoms with Gasteiger partial charge in [0.15, 0.2) is 0 Å². The van der Waals surface area contributed by atoms with Crippen LogP contribution in [-0.2, 0) is 6.42 Å². The van der Waals surface area contributed by atoms with Crippen molar-refractivity contribution in [3.05, 3.63) is 35.7 Å². The first-order chi connectivity index (χ1) is 8.98. The summed E-state index contributed by atoms with van der Waals surface area (Å²) in [5, 5.41) is 11.2. The summed E-state index contributed by atoms with van der Waals surface area (Å²) in [6, 6.07) is 8.24. The van der Waals surface area contributed by atoms with E-state index in [0.29, 0.717) is 18.3 Å². The quantitative estimate of drug-likeness (QED) is 0.917. The number of aromatic nitrogens is 2. The number of ether oxygens (including phenoxy) is 1. The number of hydrogen-bond acceptors (Lipinski definition) is 5. The fourth-order valence-corrected chi connectivity index (χ4v) is 1.71. The van der Waals surface area contributed by atoms with E-state index < -0.39 is 0 Å². The summed E-state index contributed by atoms with van der Waals surface area (Å²) >= 11 is 0. The highest BCUT2D eigenvalue weighted by atomic mass is 16.5. The van der Waals surface area contributed by atoms with Gasteiger partial charge >= 0.3 is 6.01 Å². The molecule has 1 heterocycles. The summed E-state index contributed by atoms with van der Waals surface area (Å²) in [6.07, 6.45) is 0.558. The summed E-state index contributed by atoms with van der Waals surface area (Å²) in [7, 11) is 1.65. The summed E-state index contributed by atoms with van der Waals surface area (Å²) < 4.78 is 10.9. The zero-order valence-corrected chi connectivity index (χ0v) is 11.7. The van der Waals surface area contributed by atoms with Gasteiger partial charge in [0.25, 0.3) is 0 Å². The van der Waals surface area contributed by atoms with Crippen LogP contribution in [0.4, 0.5) is 6.01 Å². The van der Waals surface area contributed by atoms with Gasteiger partial charge in [-0.15, -0.1) is 5.10 Å². The number of hydrogen-bond donors (Lipinski definition) is 1. The Balaban J connectivity index is 2.12. The lowest BCUT2D eigenvalue weighted by Gasteiger charge is -2.17. The van der Waals surface area contributed by atoms with E-state index in [4.69, 9.17) is 9.15 Å². The molecule has 0 aliphatic rings. The Kier molecular flexibility index (Phi) is 3.74. The van der Waals surface area contributed by atoms with E-state index in [2.05, 4.69) is 15.5 Å². The van der Waals surface area contributed by atoms with Crippen LogP contribution in [0.5, 0.6) is 5.75 Å². The lowest BCUT2D eigenvalue weighted by molar-refractivity contribution is 0.408. The number of benzene rings is 1. The van der Waals surface area contributed by atoms with E-state index in [-0.39, 0.29) is 5.54 Å². The Bertz CT molecular complexity index is 544. The average molecular weight is 261 g/mol. The summed E-state index contributed by atoms with van der Waals surface area (Å²) in [4.78, 5) is 0. The molecule has 1 aromatic heterocycles. The monoisotopic (exact) mass is 261 g/mol. The average Bonchev–Trinajstić information content (AvgIpc) is 2.75. The Morgan fingerprint density at radius 2 is 1.95 bits per heavy atom. The van der Waals surface area contributed by atoms with E-state index in [1.54, 1.807) is 7.11 Å². The van der Waals surface area contributed by atoms with E-state index in [1.807, 2.05) is 45.0 Å². The molecule has 0 amide bonds. The molecule has 2 aromatic rings. The number of rotatable bonds is 4. The van der Waals surface area contributed by atoms with Crippen molar-refractivity contribution in [1.82, 2.24) is 10.2 Å². The Labute approximate surface area is 113 Å². The van der Waals surface area contributed by atoms with Crippen molar-refractivity contribution in [1.29, 1.82) is 0 Å². The zero-order valence-electron chi connectivity index (χ0n) is 11.7. The lowest BCUT2D eigenvalue weighted by Crippen LogP contribution is -2.26. The van der Waals surface area contributed by atoms with E-state index in [9.17, 15) is 0 Å². The van der Waals surface area contributed by atoms with Gasteiger partial charge in [-0.3, -0.25) is 0 Å². The highest BCUT2D eigenvalue weighted by Crippen LogP contribution is 2.21. The molecule has 0 unspecified atom stereocenters. The molecule has 5 nitrogen and oxygen atoms in total. The third-order valence-corrected chi connectivity index (χ3v) is 2.48. The topological polar surface area (TPSA) is 60.2 Å². The van der Waals surface area contributed by atoms with Crippen molar-refractivity contribution < 1.29 is 9.15 Å². The normalized spacial score (nSPS) is 11.4. The SMILES string of the molecule is COc1ccccc1Cc1nnc(NC(C)(C)C)o1. The molecule has 1 aromatic carbocycles. The molecule has 0 saturated heterocycles. The van der Waals surface area contributed by atoms with Crippen LogP contribution in [0.2, 0.25) is 0 Å². The highest BCUT2D eigenvalue weighted by molar-refractivity contribution is 5.35. The maximum absolute atomic E-state index is 5.57. The molecule has 1 N–H and O–H groups in total. The van der Waals surface area contributed by atoms with Gasteiger partial charge in [-0.1, -0.05) is 23.3 Å². The first kappa shape index (κ1) is 13.4. The molecule has 0 spiro atoms. The van der Waals surface area contributed by atoms with E-state index in [1.165, 1.54) is 0 Å². The van der Waals surface area contributed by atoms with Crippen LogP contribution < -0.4 is 10.1 Å². The van der Waals surface area contributed by atoms with Crippen LogP contribution in [0.1, 0.15) is 32.2 Å². The highest BCUT2D eigenvalue weighted by Gasteiger charge is 2.15. The largest absolute Gasteiger partial charge is 0.496 e. The molecular formula is C14H19N3O2. The first-order valence-electron chi connectivity index (χ1n) is 6.20. The second kappa shape index (κ2) is 5.30. The van der Waals surface area contributed by atoms with Crippen molar-refractivity contribution in [2.75, 3.05) is 12.4 Å². The molecule has 0 saturated carbocycles. The fourth-order valence-electron chi connectivity index (χ4n) is 1.71. The van der Waals surface area contributed by atoms with Gasteiger partial charge < -0.3 is 14.5 Å². The second-order valence-corrected chi connectivity index (χ2v) is 5.36. The standard InChI is InChI=1S/C14H19N3O2/c1-14(2,3)15-13-17-16-12(19-13)9-10-7-5-6-8-11(10)18-4/h5-8H,9H2,1-4H3,(H,15,17). The Morgan fingerprint density at radius 3 is 2.63 bits per heavy atom.